The molecule has 0 radical (unpaired) electrons. The van der Waals surface area contributed by atoms with Crippen LogP contribution in [-0.4, -0.2) is 28.1 Å². The normalized spacial score (nSPS) is 15.1. The third-order valence-corrected chi connectivity index (χ3v) is 6.77. The summed E-state index contributed by atoms with van der Waals surface area (Å²) < 4.78 is 67.5. The van der Waals surface area contributed by atoms with Crippen molar-refractivity contribution in [2.24, 2.45) is 0 Å². The lowest BCUT2D eigenvalue weighted by Gasteiger charge is -2.34. The number of pyridine rings is 1. The van der Waals surface area contributed by atoms with Gasteiger partial charge in [-0.05, 0) is 36.8 Å². The number of carbonyl (C=O) groups excluding carboxylic acids is 2. The van der Waals surface area contributed by atoms with Gasteiger partial charge in [0, 0.05) is 35.8 Å². The molecule has 7 nitrogen and oxygen atoms in total. The van der Waals surface area contributed by atoms with Gasteiger partial charge in [0.2, 0.25) is 0 Å². The summed E-state index contributed by atoms with van der Waals surface area (Å²) in [5, 5.41) is 0.285. The fraction of sp³-hybridized carbons (Fsp3) is 0.154. The number of esters is 1. The number of hydrogen-bond acceptors (Lipinski definition) is 7. The standard InChI is InChI=1S/C26H16ClF4N3O4S/c1-13-34(24(35)20-4-3-15(27)10-33-20)21-9-19(28)23(8-17(21)25(36)37-13)38-22-5-2-14(6-16-11-32-12-39-16)7-18(22)26(29,30)31/h2-5,7-13H,6H2,1H3. The predicted octanol–water partition coefficient (Wildman–Crippen LogP) is 6.90. The second-order valence-electron chi connectivity index (χ2n) is 8.42. The van der Waals surface area contributed by atoms with E-state index in [9.17, 15) is 22.8 Å². The summed E-state index contributed by atoms with van der Waals surface area (Å²) in [7, 11) is 0. The van der Waals surface area contributed by atoms with Crippen LogP contribution in [-0.2, 0) is 17.3 Å². The molecule has 200 valence electrons. The Morgan fingerprint density at radius 2 is 1.95 bits per heavy atom. The van der Waals surface area contributed by atoms with Gasteiger partial charge in [-0.25, -0.2) is 14.2 Å². The Labute approximate surface area is 227 Å². The van der Waals surface area contributed by atoms with Gasteiger partial charge >= 0.3 is 12.1 Å². The molecule has 1 aliphatic rings. The number of anilines is 1. The molecule has 2 aromatic heterocycles. The highest BCUT2D eigenvalue weighted by molar-refractivity contribution is 7.09. The van der Waals surface area contributed by atoms with Gasteiger partial charge in [-0.3, -0.25) is 14.7 Å². The minimum atomic E-state index is -4.81. The van der Waals surface area contributed by atoms with E-state index in [-0.39, 0.29) is 28.4 Å². The number of nitrogens with zero attached hydrogens (tertiary/aromatic N) is 3. The van der Waals surface area contributed by atoms with E-state index in [0.29, 0.717) is 5.56 Å². The van der Waals surface area contributed by atoms with E-state index >= 15 is 4.39 Å². The largest absolute Gasteiger partial charge is 0.454 e. The fourth-order valence-electron chi connectivity index (χ4n) is 4.00. The molecule has 0 fully saturated rings. The highest BCUT2D eigenvalue weighted by Gasteiger charge is 2.38. The first kappa shape index (κ1) is 26.6. The fourth-order valence-corrected chi connectivity index (χ4v) is 4.74. The maximum absolute atomic E-state index is 15.2. The summed E-state index contributed by atoms with van der Waals surface area (Å²) in [6.07, 6.45) is -2.91. The number of fused-ring (bicyclic) bond motifs is 1. The number of halogens is 5. The minimum Gasteiger partial charge on any atom is -0.454 e. The molecule has 39 heavy (non-hydrogen) atoms. The molecular formula is C26H16ClF4N3O4S. The molecule has 3 heterocycles. The summed E-state index contributed by atoms with van der Waals surface area (Å²) in [6, 6.07) is 7.94. The predicted molar refractivity (Wildman–Crippen MR) is 134 cm³/mol. The van der Waals surface area contributed by atoms with Gasteiger partial charge in [-0.15, -0.1) is 11.3 Å². The van der Waals surface area contributed by atoms with Crippen molar-refractivity contribution in [3.05, 3.63) is 98.5 Å². The first-order valence-corrected chi connectivity index (χ1v) is 12.5. The number of benzene rings is 2. The molecule has 0 bridgehead atoms. The van der Waals surface area contributed by atoms with Gasteiger partial charge in [-0.1, -0.05) is 17.7 Å². The zero-order chi connectivity index (χ0) is 27.9. The molecule has 4 aromatic rings. The SMILES string of the molecule is CC1OC(=O)c2cc(Oc3ccc(Cc4cncs4)cc3C(F)(F)F)c(F)cc2N1C(=O)c1ccc(Cl)cn1. The molecule has 5 rings (SSSR count). The van der Waals surface area contributed by atoms with E-state index < -0.39 is 47.2 Å². The zero-order valence-electron chi connectivity index (χ0n) is 19.8. The Bertz CT molecular complexity index is 1560. The summed E-state index contributed by atoms with van der Waals surface area (Å²) >= 11 is 7.12. The average molecular weight is 578 g/mol. The number of alkyl halides is 3. The van der Waals surface area contributed by atoms with Crippen LogP contribution >= 0.6 is 22.9 Å². The molecule has 2 aromatic carbocycles. The number of rotatable bonds is 5. The molecular weight excluding hydrogens is 562 g/mol. The van der Waals surface area contributed by atoms with E-state index in [1.165, 1.54) is 42.7 Å². The second-order valence-corrected chi connectivity index (χ2v) is 9.82. The number of ether oxygens (including phenoxy) is 2. The summed E-state index contributed by atoms with van der Waals surface area (Å²) in [6.45, 7) is 1.40. The third-order valence-electron chi connectivity index (χ3n) is 5.77. The maximum atomic E-state index is 15.2. The van der Waals surface area contributed by atoms with Crippen molar-refractivity contribution in [2.45, 2.75) is 25.7 Å². The maximum Gasteiger partial charge on any atom is 0.419 e. The van der Waals surface area contributed by atoms with E-state index in [1.54, 1.807) is 11.7 Å². The van der Waals surface area contributed by atoms with Crippen LogP contribution in [0.3, 0.4) is 0 Å². The van der Waals surface area contributed by atoms with Gasteiger partial charge in [-0.2, -0.15) is 13.2 Å². The summed E-state index contributed by atoms with van der Waals surface area (Å²) in [4.78, 5) is 35.4. The highest BCUT2D eigenvalue weighted by Crippen LogP contribution is 2.42. The van der Waals surface area contributed by atoms with Crippen molar-refractivity contribution in [1.82, 2.24) is 9.97 Å². The summed E-state index contributed by atoms with van der Waals surface area (Å²) in [5.41, 5.74) is 0.325. The van der Waals surface area contributed by atoms with Gasteiger partial charge in [0.15, 0.2) is 17.8 Å². The first-order valence-electron chi connectivity index (χ1n) is 11.3. The quantitative estimate of drug-likeness (QED) is 0.190. The number of cyclic esters (lactones) is 1. The topological polar surface area (TPSA) is 81.6 Å². The van der Waals surface area contributed by atoms with Crippen LogP contribution in [0.15, 0.2) is 60.4 Å². The second kappa shape index (κ2) is 10.3. The molecule has 1 aliphatic heterocycles. The smallest absolute Gasteiger partial charge is 0.419 e. The molecule has 0 aliphatic carbocycles. The molecule has 13 heteroatoms. The van der Waals surface area contributed by atoms with E-state index in [2.05, 4.69) is 9.97 Å². The van der Waals surface area contributed by atoms with Crippen LogP contribution in [0.5, 0.6) is 11.5 Å². The molecule has 0 spiro atoms. The van der Waals surface area contributed by atoms with Gasteiger partial charge in [0.25, 0.3) is 5.91 Å². The lowest BCUT2D eigenvalue weighted by Crippen LogP contribution is -2.46. The van der Waals surface area contributed by atoms with Crippen molar-refractivity contribution in [3.63, 3.8) is 0 Å². The van der Waals surface area contributed by atoms with Crippen LogP contribution in [0.25, 0.3) is 0 Å². The Morgan fingerprint density at radius 1 is 1.15 bits per heavy atom. The van der Waals surface area contributed by atoms with Gasteiger partial charge < -0.3 is 9.47 Å². The van der Waals surface area contributed by atoms with Crippen LogP contribution < -0.4 is 9.64 Å². The van der Waals surface area contributed by atoms with E-state index in [0.717, 1.165) is 34.0 Å². The Kier molecular flexibility index (Phi) is 7.00. The lowest BCUT2D eigenvalue weighted by atomic mass is 10.1. The number of aromatic nitrogens is 2. The number of amides is 1. The molecule has 0 saturated heterocycles. The van der Waals surface area contributed by atoms with Gasteiger partial charge in [0.05, 0.1) is 27.3 Å². The van der Waals surface area contributed by atoms with Crippen molar-refractivity contribution in [1.29, 1.82) is 0 Å². The lowest BCUT2D eigenvalue weighted by molar-refractivity contribution is -0.138. The van der Waals surface area contributed by atoms with Crippen LogP contribution in [0.4, 0.5) is 23.2 Å². The van der Waals surface area contributed by atoms with Crippen LogP contribution in [0.1, 0.15) is 43.8 Å². The Morgan fingerprint density at radius 3 is 2.62 bits per heavy atom. The molecule has 1 unspecified atom stereocenters. The van der Waals surface area contributed by atoms with E-state index in [1.807, 2.05) is 0 Å². The minimum absolute atomic E-state index is 0.0517. The van der Waals surface area contributed by atoms with Crippen molar-refractivity contribution >= 4 is 40.5 Å². The number of carbonyl (C=O) groups is 2. The van der Waals surface area contributed by atoms with Crippen molar-refractivity contribution in [2.75, 3.05) is 4.90 Å². The zero-order valence-corrected chi connectivity index (χ0v) is 21.4. The van der Waals surface area contributed by atoms with Crippen molar-refractivity contribution in [3.8, 4) is 11.5 Å². The molecule has 1 atom stereocenters. The third kappa shape index (κ3) is 5.43. The molecule has 0 saturated carbocycles. The van der Waals surface area contributed by atoms with Crippen LogP contribution in [0, 0.1) is 5.82 Å². The number of hydrogen-bond donors (Lipinski definition) is 0. The molecule has 1 amide bonds. The average Bonchev–Trinajstić information content (AvgIpc) is 3.38. The number of thiazole rings is 1. The first-order chi connectivity index (χ1) is 18.5. The highest BCUT2D eigenvalue weighted by atomic mass is 35.5. The van der Waals surface area contributed by atoms with Crippen molar-refractivity contribution < 1.29 is 36.6 Å². The Balaban J connectivity index is 1.50. The monoisotopic (exact) mass is 577 g/mol. The van der Waals surface area contributed by atoms with Crippen LogP contribution in [0.2, 0.25) is 5.02 Å². The van der Waals surface area contributed by atoms with Gasteiger partial charge in [0.1, 0.15) is 11.4 Å². The van der Waals surface area contributed by atoms with E-state index in [4.69, 9.17) is 21.1 Å². The summed E-state index contributed by atoms with van der Waals surface area (Å²) in [5.74, 6) is -4.04. The Hall–Kier alpha value is -4.03. The molecule has 0 N–H and O–H groups in total.